The van der Waals surface area contributed by atoms with Crippen LogP contribution in [-0.4, -0.2) is 26.0 Å². The fourth-order valence-electron chi connectivity index (χ4n) is 2.24. The molecule has 0 aliphatic heterocycles. The molecule has 2 rings (SSSR count). The van der Waals surface area contributed by atoms with Crippen LogP contribution in [0.1, 0.15) is 21.5 Å². The number of hydrogen-bond acceptors (Lipinski definition) is 4. The molecule has 0 aromatic heterocycles. The van der Waals surface area contributed by atoms with Gasteiger partial charge in [0, 0.05) is 5.56 Å². The summed E-state index contributed by atoms with van der Waals surface area (Å²) in [6, 6.07) is 12.4. The van der Waals surface area contributed by atoms with E-state index >= 15 is 0 Å². The lowest BCUT2D eigenvalue weighted by atomic mass is 10.1. The normalized spacial score (nSPS) is 9.96. The van der Waals surface area contributed by atoms with E-state index in [-0.39, 0.29) is 18.2 Å². The first-order valence-electron chi connectivity index (χ1n) is 7.41. The monoisotopic (exact) mass is 328 g/mol. The minimum atomic E-state index is -0.353. The SMILES string of the molecule is COc1ccc(CC(=O)NNC(=O)c2ccccc2C)cc1OC. The molecule has 0 radical (unpaired) electrons. The molecule has 126 valence electrons. The van der Waals surface area contributed by atoms with Crippen LogP contribution < -0.4 is 20.3 Å². The van der Waals surface area contributed by atoms with Gasteiger partial charge in [0.05, 0.1) is 20.6 Å². The van der Waals surface area contributed by atoms with E-state index in [9.17, 15) is 9.59 Å². The maximum atomic E-state index is 12.0. The lowest BCUT2D eigenvalue weighted by Gasteiger charge is -2.11. The Labute approximate surface area is 140 Å². The van der Waals surface area contributed by atoms with Crippen molar-refractivity contribution in [3.63, 3.8) is 0 Å². The molecule has 0 atom stereocenters. The Hall–Kier alpha value is -3.02. The molecule has 6 heteroatoms. The number of hydrogen-bond donors (Lipinski definition) is 2. The van der Waals surface area contributed by atoms with E-state index < -0.39 is 0 Å². The standard InChI is InChI=1S/C18H20N2O4/c1-12-6-4-5-7-14(12)18(22)20-19-17(21)11-13-8-9-15(23-2)16(10-13)24-3/h4-10H,11H2,1-3H3,(H,19,21)(H,20,22). The summed E-state index contributed by atoms with van der Waals surface area (Å²) >= 11 is 0. The number of aryl methyl sites for hydroxylation is 1. The summed E-state index contributed by atoms with van der Waals surface area (Å²) < 4.78 is 10.4. The summed E-state index contributed by atoms with van der Waals surface area (Å²) in [6.45, 7) is 1.83. The Morgan fingerprint density at radius 3 is 2.33 bits per heavy atom. The van der Waals surface area contributed by atoms with Gasteiger partial charge in [-0.05, 0) is 36.2 Å². The van der Waals surface area contributed by atoms with Gasteiger partial charge in [-0.15, -0.1) is 0 Å². The maximum Gasteiger partial charge on any atom is 0.269 e. The average Bonchev–Trinajstić information content (AvgIpc) is 2.60. The first-order chi connectivity index (χ1) is 11.5. The molecule has 2 aromatic carbocycles. The van der Waals surface area contributed by atoms with Crippen LogP contribution in [0.5, 0.6) is 11.5 Å². The van der Waals surface area contributed by atoms with Crippen LogP contribution in [0.3, 0.4) is 0 Å². The molecule has 0 heterocycles. The minimum Gasteiger partial charge on any atom is -0.493 e. The molecule has 24 heavy (non-hydrogen) atoms. The Kier molecular flexibility index (Phi) is 5.78. The van der Waals surface area contributed by atoms with Gasteiger partial charge in [-0.25, -0.2) is 0 Å². The third-order valence-corrected chi connectivity index (χ3v) is 3.52. The first kappa shape index (κ1) is 17.3. The Bertz CT molecular complexity index is 744. The molecule has 0 aliphatic carbocycles. The second kappa shape index (κ2) is 8.01. The molecule has 0 spiro atoms. The summed E-state index contributed by atoms with van der Waals surface area (Å²) in [5.74, 6) is 0.458. The topological polar surface area (TPSA) is 76.7 Å². The molecule has 0 bridgehead atoms. The predicted molar refractivity (Wildman–Crippen MR) is 90.0 cm³/mol. The van der Waals surface area contributed by atoms with Crippen LogP contribution in [0.15, 0.2) is 42.5 Å². The smallest absolute Gasteiger partial charge is 0.269 e. The van der Waals surface area contributed by atoms with Crippen molar-refractivity contribution in [3.8, 4) is 11.5 Å². The van der Waals surface area contributed by atoms with E-state index in [1.54, 1.807) is 37.4 Å². The highest BCUT2D eigenvalue weighted by atomic mass is 16.5. The number of hydrazine groups is 1. The third-order valence-electron chi connectivity index (χ3n) is 3.52. The first-order valence-corrected chi connectivity index (χ1v) is 7.41. The highest BCUT2D eigenvalue weighted by molar-refractivity contribution is 5.96. The molecule has 0 saturated carbocycles. The van der Waals surface area contributed by atoms with Crippen molar-refractivity contribution in [3.05, 3.63) is 59.2 Å². The van der Waals surface area contributed by atoms with Crippen molar-refractivity contribution < 1.29 is 19.1 Å². The summed E-state index contributed by atoms with van der Waals surface area (Å²) in [7, 11) is 3.08. The fraction of sp³-hybridized carbons (Fsp3) is 0.222. The molecular weight excluding hydrogens is 308 g/mol. The molecule has 2 aromatic rings. The molecule has 0 saturated heterocycles. The van der Waals surface area contributed by atoms with Gasteiger partial charge >= 0.3 is 0 Å². The van der Waals surface area contributed by atoms with Gasteiger partial charge in [-0.1, -0.05) is 24.3 Å². The van der Waals surface area contributed by atoms with Crippen LogP contribution in [0.25, 0.3) is 0 Å². The average molecular weight is 328 g/mol. The van der Waals surface area contributed by atoms with Crippen LogP contribution in [-0.2, 0) is 11.2 Å². The van der Waals surface area contributed by atoms with Crippen molar-refractivity contribution in [1.29, 1.82) is 0 Å². The van der Waals surface area contributed by atoms with Crippen molar-refractivity contribution in [2.24, 2.45) is 0 Å². The van der Waals surface area contributed by atoms with Crippen molar-refractivity contribution >= 4 is 11.8 Å². The number of ether oxygens (including phenoxy) is 2. The predicted octanol–water partition coefficient (Wildman–Crippen LogP) is 2.02. The van der Waals surface area contributed by atoms with E-state index in [4.69, 9.17) is 9.47 Å². The van der Waals surface area contributed by atoms with Gasteiger partial charge in [0.1, 0.15) is 0 Å². The zero-order valence-electron chi connectivity index (χ0n) is 13.9. The zero-order valence-corrected chi connectivity index (χ0v) is 13.9. The Balaban J connectivity index is 1.94. The van der Waals surface area contributed by atoms with E-state index in [1.165, 1.54) is 7.11 Å². The molecule has 0 fully saturated rings. The quantitative estimate of drug-likeness (QED) is 0.823. The number of nitrogens with one attached hydrogen (secondary N) is 2. The molecule has 2 amide bonds. The van der Waals surface area contributed by atoms with Gasteiger partial charge in [0.25, 0.3) is 5.91 Å². The third kappa shape index (κ3) is 4.25. The van der Waals surface area contributed by atoms with Crippen LogP contribution >= 0.6 is 0 Å². The number of carbonyl (C=O) groups is 2. The highest BCUT2D eigenvalue weighted by Crippen LogP contribution is 2.27. The lowest BCUT2D eigenvalue weighted by Crippen LogP contribution is -2.42. The molecular formula is C18H20N2O4. The van der Waals surface area contributed by atoms with Crippen molar-refractivity contribution in [1.82, 2.24) is 10.9 Å². The van der Waals surface area contributed by atoms with E-state index in [0.717, 1.165) is 11.1 Å². The second-order valence-corrected chi connectivity index (χ2v) is 5.18. The van der Waals surface area contributed by atoms with E-state index in [1.807, 2.05) is 19.1 Å². The number of carbonyl (C=O) groups excluding carboxylic acids is 2. The van der Waals surface area contributed by atoms with Gasteiger partial charge < -0.3 is 9.47 Å². The summed E-state index contributed by atoms with van der Waals surface area (Å²) in [5, 5.41) is 0. The number of benzene rings is 2. The molecule has 0 unspecified atom stereocenters. The largest absolute Gasteiger partial charge is 0.493 e. The minimum absolute atomic E-state index is 0.106. The Morgan fingerprint density at radius 1 is 0.958 bits per heavy atom. The molecule has 2 N–H and O–H groups in total. The van der Waals surface area contributed by atoms with Gasteiger partial charge in [0.2, 0.25) is 5.91 Å². The van der Waals surface area contributed by atoms with Crippen LogP contribution in [0.2, 0.25) is 0 Å². The van der Waals surface area contributed by atoms with Gasteiger partial charge in [-0.3, -0.25) is 20.4 Å². The van der Waals surface area contributed by atoms with E-state index in [2.05, 4.69) is 10.9 Å². The maximum absolute atomic E-state index is 12.0. The summed E-state index contributed by atoms with van der Waals surface area (Å²) in [4.78, 5) is 24.0. The lowest BCUT2D eigenvalue weighted by molar-refractivity contribution is -0.121. The van der Waals surface area contributed by atoms with Crippen molar-refractivity contribution in [2.45, 2.75) is 13.3 Å². The highest BCUT2D eigenvalue weighted by Gasteiger charge is 2.11. The van der Waals surface area contributed by atoms with Crippen molar-refractivity contribution in [2.75, 3.05) is 14.2 Å². The number of amides is 2. The summed E-state index contributed by atoms with van der Waals surface area (Å²) in [6.07, 6.45) is 0.106. The number of rotatable bonds is 5. The summed E-state index contributed by atoms with van der Waals surface area (Å²) in [5.41, 5.74) is 6.93. The molecule has 0 aliphatic rings. The molecule has 6 nitrogen and oxygen atoms in total. The zero-order chi connectivity index (χ0) is 17.5. The van der Waals surface area contributed by atoms with Crippen LogP contribution in [0.4, 0.5) is 0 Å². The Morgan fingerprint density at radius 2 is 1.67 bits per heavy atom. The van der Waals surface area contributed by atoms with Gasteiger partial charge in [0.15, 0.2) is 11.5 Å². The van der Waals surface area contributed by atoms with Crippen LogP contribution in [0, 0.1) is 6.92 Å². The second-order valence-electron chi connectivity index (χ2n) is 5.18. The van der Waals surface area contributed by atoms with E-state index in [0.29, 0.717) is 17.1 Å². The van der Waals surface area contributed by atoms with Gasteiger partial charge in [-0.2, -0.15) is 0 Å². The number of methoxy groups -OCH3 is 2. The fourth-order valence-corrected chi connectivity index (χ4v) is 2.24.